The molecule has 1 aromatic carbocycles. The van der Waals surface area contributed by atoms with Crippen molar-refractivity contribution in [2.75, 3.05) is 20.8 Å². The van der Waals surface area contributed by atoms with Crippen LogP contribution in [0, 0.1) is 23.2 Å². The van der Waals surface area contributed by atoms with Crippen LogP contribution in [-0.2, 0) is 14.9 Å². The topological polar surface area (TPSA) is 68.6 Å². The molecule has 0 amide bonds. The molecule has 1 aromatic rings. The Labute approximate surface area is 148 Å². The van der Waals surface area contributed by atoms with Gasteiger partial charge < -0.3 is 14.2 Å². The Balaban J connectivity index is 1.87. The van der Waals surface area contributed by atoms with Crippen LogP contribution in [0.2, 0.25) is 0 Å². The lowest BCUT2D eigenvalue weighted by Crippen LogP contribution is -2.35. The Morgan fingerprint density at radius 3 is 2.72 bits per heavy atom. The van der Waals surface area contributed by atoms with E-state index in [9.17, 15) is 10.1 Å². The molecule has 0 bridgehead atoms. The molecule has 0 spiro atoms. The number of nitrogens with zero attached hydrogens (tertiary/aromatic N) is 1. The number of carbonyl (C=O) groups excluding carboxylic acids is 1. The van der Waals surface area contributed by atoms with Gasteiger partial charge in [0.05, 0.1) is 38.2 Å². The smallest absolute Gasteiger partial charge is 0.308 e. The van der Waals surface area contributed by atoms with Crippen LogP contribution in [0.4, 0.5) is 0 Å². The van der Waals surface area contributed by atoms with Crippen molar-refractivity contribution in [1.82, 2.24) is 0 Å². The Morgan fingerprint density at radius 1 is 1.28 bits per heavy atom. The molecule has 2 atom stereocenters. The second-order valence-electron chi connectivity index (χ2n) is 7.13. The summed E-state index contributed by atoms with van der Waals surface area (Å²) in [6, 6.07) is 8.18. The zero-order chi connectivity index (χ0) is 17.9. The fourth-order valence-electron chi connectivity index (χ4n) is 3.65. The summed E-state index contributed by atoms with van der Waals surface area (Å²) in [5, 5.41) is 9.94. The van der Waals surface area contributed by atoms with Gasteiger partial charge in [0.15, 0.2) is 11.5 Å². The first-order chi connectivity index (χ1) is 12.1. The van der Waals surface area contributed by atoms with Gasteiger partial charge in [-0.05, 0) is 55.7 Å². The number of ether oxygens (including phenoxy) is 3. The molecule has 0 saturated heterocycles. The Hall–Kier alpha value is -2.22. The summed E-state index contributed by atoms with van der Waals surface area (Å²) in [7, 11) is 3.02. The number of nitriles is 1. The Morgan fingerprint density at radius 2 is 2.08 bits per heavy atom. The summed E-state index contributed by atoms with van der Waals surface area (Å²) < 4.78 is 16.2. The summed E-state index contributed by atoms with van der Waals surface area (Å²) >= 11 is 0. The highest BCUT2D eigenvalue weighted by Gasteiger charge is 2.41. The second-order valence-corrected chi connectivity index (χ2v) is 7.13. The highest BCUT2D eigenvalue weighted by molar-refractivity contribution is 5.73. The van der Waals surface area contributed by atoms with Crippen molar-refractivity contribution >= 4 is 5.97 Å². The third kappa shape index (κ3) is 3.73. The molecule has 5 nitrogen and oxygen atoms in total. The fourth-order valence-corrected chi connectivity index (χ4v) is 3.65. The normalized spacial score (nSPS) is 25.7. The number of benzene rings is 1. The van der Waals surface area contributed by atoms with E-state index in [0.29, 0.717) is 30.4 Å². The van der Waals surface area contributed by atoms with Gasteiger partial charge >= 0.3 is 5.97 Å². The van der Waals surface area contributed by atoms with E-state index in [0.717, 1.165) is 24.8 Å². The molecule has 2 saturated carbocycles. The van der Waals surface area contributed by atoms with Crippen LogP contribution in [0.5, 0.6) is 11.5 Å². The standard InChI is InChI=1S/C20H25NO4/c1-23-17-8-7-16(10-18(17)25-12-14-5-6-14)20(13-21)9-3-4-15(11-20)19(22)24-2/h7-8,10,14-15H,3-6,9,11-12H2,1-2H3. The first-order valence-electron chi connectivity index (χ1n) is 8.92. The zero-order valence-electron chi connectivity index (χ0n) is 14.9. The van der Waals surface area contributed by atoms with Crippen molar-refractivity contribution in [3.8, 4) is 17.6 Å². The molecule has 0 aromatic heterocycles. The van der Waals surface area contributed by atoms with Gasteiger partial charge in [0.25, 0.3) is 0 Å². The average molecular weight is 343 g/mol. The summed E-state index contributed by atoms with van der Waals surface area (Å²) in [6.45, 7) is 0.685. The van der Waals surface area contributed by atoms with Crippen molar-refractivity contribution in [1.29, 1.82) is 5.26 Å². The molecule has 0 heterocycles. The maximum Gasteiger partial charge on any atom is 0.308 e. The first-order valence-corrected chi connectivity index (χ1v) is 8.92. The van der Waals surface area contributed by atoms with Crippen LogP contribution in [0.1, 0.15) is 44.1 Å². The summed E-state index contributed by atoms with van der Waals surface area (Å²) in [4.78, 5) is 12.0. The molecule has 25 heavy (non-hydrogen) atoms. The average Bonchev–Trinajstić information content (AvgIpc) is 3.49. The van der Waals surface area contributed by atoms with Gasteiger partial charge in [0.2, 0.25) is 0 Å². The van der Waals surface area contributed by atoms with Crippen molar-refractivity contribution in [3.05, 3.63) is 23.8 Å². The minimum absolute atomic E-state index is 0.224. The minimum atomic E-state index is -0.679. The number of hydrogen-bond acceptors (Lipinski definition) is 5. The molecular formula is C20H25NO4. The SMILES string of the molecule is COC(=O)C1CCCC(C#N)(c2ccc(OC)c(OCC3CC3)c2)C1. The molecular weight excluding hydrogens is 318 g/mol. The van der Waals surface area contributed by atoms with Crippen LogP contribution in [-0.4, -0.2) is 26.8 Å². The molecule has 2 unspecified atom stereocenters. The van der Waals surface area contributed by atoms with Crippen molar-refractivity contribution in [2.45, 2.75) is 43.9 Å². The third-order valence-electron chi connectivity index (χ3n) is 5.39. The monoisotopic (exact) mass is 343 g/mol. The maximum absolute atomic E-state index is 12.0. The molecule has 0 aliphatic heterocycles. The predicted molar refractivity (Wildman–Crippen MR) is 92.5 cm³/mol. The minimum Gasteiger partial charge on any atom is -0.493 e. The lowest BCUT2D eigenvalue weighted by Gasteiger charge is -2.35. The number of rotatable bonds is 6. The first kappa shape index (κ1) is 17.6. The van der Waals surface area contributed by atoms with E-state index in [1.54, 1.807) is 7.11 Å². The van der Waals surface area contributed by atoms with Gasteiger partial charge in [0, 0.05) is 0 Å². The van der Waals surface area contributed by atoms with Crippen molar-refractivity contribution in [2.24, 2.45) is 11.8 Å². The summed E-state index contributed by atoms with van der Waals surface area (Å²) in [5.41, 5.74) is 0.219. The van der Waals surface area contributed by atoms with Gasteiger partial charge in [-0.25, -0.2) is 0 Å². The molecule has 0 N–H and O–H groups in total. The third-order valence-corrected chi connectivity index (χ3v) is 5.39. The zero-order valence-corrected chi connectivity index (χ0v) is 14.9. The van der Waals surface area contributed by atoms with Crippen LogP contribution < -0.4 is 9.47 Å². The predicted octanol–water partition coefficient (Wildman–Crippen LogP) is 3.61. The highest BCUT2D eigenvalue weighted by Crippen LogP contribution is 2.44. The van der Waals surface area contributed by atoms with E-state index in [1.807, 2.05) is 18.2 Å². The van der Waals surface area contributed by atoms with Crippen LogP contribution in [0.3, 0.4) is 0 Å². The molecule has 0 radical (unpaired) electrons. The Kier molecular flexibility index (Phi) is 5.17. The molecule has 2 fully saturated rings. The van der Waals surface area contributed by atoms with Crippen molar-refractivity contribution < 1.29 is 19.0 Å². The number of esters is 1. The van der Waals surface area contributed by atoms with Crippen LogP contribution in [0.25, 0.3) is 0 Å². The van der Waals surface area contributed by atoms with E-state index < -0.39 is 5.41 Å². The number of hydrogen-bond donors (Lipinski definition) is 0. The van der Waals surface area contributed by atoms with Gasteiger partial charge in [-0.3, -0.25) is 4.79 Å². The van der Waals surface area contributed by atoms with Gasteiger partial charge in [-0.2, -0.15) is 5.26 Å². The van der Waals surface area contributed by atoms with Gasteiger partial charge in [-0.15, -0.1) is 0 Å². The van der Waals surface area contributed by atoms with E-state index >= 15 is 0 Å². The largest absolute Gasteiger partial charge is 0.493 e. The highest BCUT2D eigenvalue weighted by atomic mass is 16.5. The van der Waals surface area contributed by atoms with E-state index in [1.165, 1.54) is 20.0 Å². The Bertz CT molecular complexity index is 677. The van der Waals surface area contributed by atoms with E-state index in [2.05, 4.69) is 6.07 Å². The fraction of sp³-hybridized carbons (Fsp3) is 0.600. The lowest BCUT2D eigenvalue weighted by atomic mass is 9.66. The molecule has 5 heteroatoms. The van der Waals surface area contributed by atoms with Crippen LogP contribution in [0.15, 0.2) is 18.2 Å². The lowest BCUT2D eigenvalue weighted by molar-refractivity contribution is -0.147. The van der Waals surface area contributed by atoms with E-state index in [-0.39, 0.29) is 11.9 Å². The molecule has 134 valence electrons. The quantitative estimate of drug-likeness (QED) is 0.738. The maximum atomic E-state index is 12.0. The molecule has 3 rings (SSSR count). The van der Waals surface area contributed by atoms with Gasteiger partial charge in [-0.1, -0.05) is 12.5 Å². The molecule has 2 aliphatic rings. The number of carbonyl (C=O) groups is 1. The summed E-state index contributed by atoms with van der Waals surface area (Å²) in [6.07, 6.45) is 5.26. The second kappa shape index (κ2) is 7.35. The van der Waals surface area contributed by atoms with E-state index in [4.69, 9.17) is 14.2 Å². The summed E-state index contributed by atoms with van der Waals surface area (Å²) in [5.74, 6) is 1.55. The van der Waals surface area contributed by atoms with Crippen molar-refractivity contribution in [3.63, 3.8) is 0 Å². The number of methoxy groups -OCH3 is 2. The van der Waals surface area contributed by atoms with Crippen LogP contribution >= 0.6 is 0 Å². The molecule has 2 aliphatic carbocycles. The van der Waals surface area contributed by atoms with Gasteiger partial charge in [0.1, 0.15) is 0 Å².